The van der Waals surface area contributed by atoms with E-state index < -0.39 is 0 Å². The molecule has 3 rings (SSSR count). The van der Waals surface area contributed by atoms with Gasteiger partial charge in [0.05, 0.1) is 30.9 Å². The molecule has 3 fully saturated rings. The third-order valence-corrected chi connectivity index (χ3v) is 4.24. The third kappa shape index (κ3) is 1.98. The van der Waals surface area contributed by atoms with Gasteiger partial charge in [-0.2, -0.15) is 0 Å². The Morgan fingerprint density at radius 3 is 2.74 bits per heavy atom. The van der Waals surface area contributed by atoms with Gasteiger partial charge in [-0.15, -0.1) is 0 Å². The van der Waals surface area contributed by atoms with Crippen LogP contribution in [0.3, 0.4) is 0 Å². The van der Waals surface area contributed by atoms with Gasteiger partial charge in [0.15, 0.2) is 0 Å². The van der Waals surface area contributed by atoms with Crippen molar-refractivity contribution in [3.05, 3.63) is 0 Å². The Bertz CT molecular complexity index is 398. The molecule has 0 aliphatic carbocycles. The van der Waals surface area contributed by atoms with Crippen molar-refractivity contribution < 1.29 is 23.8 Å². The van der Waals surface area contributed by atoms with E-state index in [-0.39, 0.29) is 42.5 Å². The minimum Gasteiger partial charge on any atom is -0.458 e. The predicted molar refractivity (Wildman–Crippen MR) is 64.5 cm³/mol. The van der Waals surface area contributed by atoms with Gasteiger partial charge < -0.3 is 14.2 Å². The number of carbonyl (C=O) groups excluding carboxylic acids is 2. The number of amides is 1. The number of hydrogen-bond donors (Lipinski definition) is 0. The molecule has 0 radical (unpaired) electrons. The number of piperidine rings is 2. The van der Waals surface area contributed by atoms with E-state index in [1.165, 1.54) is 6.92 Å². The minimum absolute atomic E-state index is 0.0613. The Kier molecular flexibility index (Phi) is 3.12. The molecule has 3 heterocycles. The van der Waals surface area contributed by atoms with Crippen molar-refractivity contribution in [1.29, 1.82) is 0 Å². The zero-order chi connectivity index (χ0) is 13.6. The summed E-state index contributed by atoms with van der Waals surface area (Å²) in [6.07, 6.45) is 1.77. The quantitative estimate of drug-likeness (QED) is 0.702. The van der Waals surface area contributed by atoms with Crippen LogP contribution < -0.4 is 0 Å². The van der Waals surface area contributed by atoms with Crippen molar-refractivity contribution in [2.24, 2.45) is 0 Å². The van der Waals surface area contributed by atoms with Crippen molar-refractivity contribution in [3.63, 3.8) is 0 Å². The summed E-state index contributed by atoms with van der Waals surface area (Å²) in [6, 6.07) is -0.0277. The fourth-order valence-electron chi connectivity index (χ4n) is 3.63. The molecule has 1 amide bonds. The van der Waals surface area contributed by atoms with Crippen molar-refractivity contribution >= 4 is 12.1 Å². The lowest BCUT2D eigenvalue weighted by atomic mass is 9.83. The Morgan fingerprint density at radius 2 is 2.05 bits per heavy atom. The lowest BCUT2D eigenvalue weighted by Crippen LogP contribution is -2.62. The fraction of sp³-hybridized carbons (Fsp3) is 0.846. The molecule has 3 bridgehead atoms. The Hall–Kier alpha value is -1.30. The monoisotopic (exact) mass is 269 g/mol. The van der Waals surface area contributed by atoms with Gasteiger partial charge in [-0.1, -0.05) is 0 Å². The smallest absolute Gasteiger partial charge is 0.410 e. The molecule has 19 heavy (non-hydrogen) atoms. The van der Waals surface area contributed by atoms with Gasteiger partial charge in [0, 0.05) is 13.3 Å². The Labute approximate surface area is 112 Å². The van der Waals surface area contributed by atoms with E-state index in [0.717, 1.165) is 19.3 Å². The van der Waals surface area contributed by atoms with E-state index >= 15 is 0 Å². The molecular formula is C13H19NO5. The summed E-state index contributed by atoms with van der Waals surface area (Å²) in [5.74, 6) is -0.328. The first-order valence-electron chi connectivity index (χ1n) is 6.89. The second-order valence-corrected chi connectivity index (χ2v) is 5.34. The second-order valence-electron chi connectivity index (χ2n) is 5.34. The summed E-state index contributed by atoms with van der Waals surface area (Å²) < 4.78 is 16.4. The maximum Gasteiger partial charge on any atom is 0.410 e. The van der Waals surface area contributed by atoms with Crippen LogP contribution in [0.5, 0.6) is 0 Å². The Morgan fingerprint density at radius 1 is 1.26 bits per heavy atom. The summed E-state index contributed by atoms with van der Waals surface area (Å²) in [6.45, 7) is 3.53. The Balaban J connectivity index is 1.85. The van der Waals surface area contributed by atoms with Gasteiger partial charge in [0.25, 0.3) is 0 Å². The van der Waals surface area contributed by atoms with Crippen molar-refractivity contribution in [2.45, 2.75) is 63.5 Å². The molecule has 106 valence electrons. The van der Waals surface area contributed by atoms with Crippen LogP contribution in [0.2, 0.25) is 0 Å². The highest BCUT2D eigenvalue weighted by Crippen LogP contribution is 2.44. The molecule has 0 aromatic rings. The summed E-state index contributed by atoms with van der Waals surface area (Å²) in [4.78, 5) is 25.1. The van der Waals surface area contributed by atoms with E-state index in [1.807, 2.05) is 0 Å². The van der Waals surface area contributed by atoms with Gasteiger partial charge in [0.1, 0.15) is 6.10 Å². The van der Waals surface area contributed by atoms with Crippen LogP contribution >= 0.6 is 0 Å². The normalized spacial score (nSPS) is 39.3. The van der Waals surface area contributed by atoms with Gasteiger partial charge in [-0.25, -0.2) is 4.79 Å². The second kappa shape index (κ2) is 4.67. The molecule has 3 aliphatic rings. The van der Waals surface area contributed by atoms with Crippen LogP contribution in [-0.2, 0) is 19.0 Å². The SMILES string of the molecule is CCOC(=O)N1[C@H]2CC[C@@H]3O[C@@H](C[C@@H]31)[C@H]2OC(C)=O. The van der Waals surface area contributed by atoms with Crippen molar-refractivity contribution in [3.8, 4) is 0 Å². The molecule has 3 saturated heterocycles. The van der Waals surface area contributed by atoms with Crippen molar-refractivity contribution in [2.75, 3.05) is 6.61 Å². The van der Waals surface area contributed by atoms with Crippen LogP contribution in [0.25, 0.3) is 0 Å². The largest absolute Gasteiger partial charge is 0.458 e. The first-order valence-corrected chi connectivity index (χ1v) is 6.89. The first-order chi connectivity index (χ1) is 9.11. The van der Waals surface area contributed by atoms with Gasteiger partial charge in [-0.3, -0.25) is 9.69 Å². The highest BCUT2D eigenvalue weighted by Gasteiger charge is 2.58. The van der Waals surface area contributed by atoms with Crippen LogP contribution in [0.4, 0.5) is 4.79 Å². The fourth-order valence-corrected chi connectivity index (χ4v) is 3.63. The molecule has 0 unspecified atom stereocenters. The average molecular weight is 269 g/mol. The van der Waals surface area contributed by atoms with Crippen molar-refractivity contribution in [1.82, 2.24) is 4.90 Å². The summed E-state index contributed by atoms with van der Waals surface area (Å²) in [5, 5.41) is 0. The van der Waals surface area contributed by atoms with Crippen LogP contribution in [0, 0.1) is 0 Å². The maximum atomic E-state index is 12.1. The number of nitrogens with zero attached hydrogens (tertiary/aromatic N) is 1. The number of carbonyl (C=O) groups is 2. The van der Waals surface area contributed by atoms with Gasteiger partial charge >= 0.3 is 12.1 Å². The topological polar surface area (TPSA) is 65.1 Å². The molecule has 0 N–H and O–H groups in total. The first kappa shape index (κ1) is 12.7. The lowest BCUT2D eigenvalue weighted by molar-refractivity contribution is -0.158. The maximum absolute atomic E-state index is 12.1. The molecule has 0 aromatic heterocycles. The van der Waals surface area contributed by atoms with Gasteiger partial charge in [-0.05, 0) is 19.8 Å². The van der Waals surface area contributed by atoms with E-state index in [9.17, 15) is 9.59 Å². The lowest BCUT2D eigenvalue weighted by Gasteiger charge is -2.46. The summed E-state index contributed by atoms with van der Waals surface area (Å²) in [7, 11) is 0. The molecule has 6 heteroatoms. The van der Waals surface area contributed by atoms with E-state index in [4.69, 9.17) is 14.2 Å². The number of esters is 1. The molecule has 3 aliphatic heterocycles. The zero-order valence-corrected chi connectivity index (χ0v) is 11.2. The number of hydrogen-bond acceptors (Lipinski definition) is 5. The van der Waals surface area contributed by atoms with E-state index in [1.54, 1.807) is 11.8 Å². The summed E-state index contributed by atoms with van der Waals surface area (Å²) in [5.41, 5.74) is 0. The average Bonchev–Trinajstić information content (AvgIpc) is 2.66. The van der Waals surface area contributed by atoms with Crippen LogP contribution in [-0.4, -0.2) is 54.0 Å². The van der Waals surface area contributed by atoms with Crippen LogP contribution in [0.15, 0.2) is 0 Å². The highest BCUT2D eigenvalue weighted by molar-refractivity contribution is 5.70. The standard InChI is InChI=1S/C13H19NO5/c1-3-17-13(16)14-8-4-5-10-9(14)6-11(19-10)12(8)18-7(2)15/h8-12H,3-6H2,1-2H3/t8-,9-,10-,11-,12-/m0/s1. The summed E-state index contributed by atoms with van der Waals surface area (Å²) >= 11 is 0. The minimum atomic E-state index is -0.356. The third-order valence-electron chi connectivity index (χ3n) is 4.24. The van der Waals surface area contributed by atoms with E-state index in [2.05, 4.69) is 0 Å². The van der Waals surface area contributed by atoms with Gasteiger partial charge in [0.2, 0.25) is 0 Å². The molecule has 6 nitrogen and oxygen atoms in total. The molecule has 5 atom stereocenters. The zero-order valence-electron chi connectivity index (χ0n) is 11.2. The van der Waals surface area contributed by atoms with E-state index in [0.29, 0.717) is 6.61 Å². The number of rotatable bonds is 2. The molecule has 0 saturated carbocycles. The molecule has 0 aromatic carbocycles. The molecular weight excluding hydrogens is 250 g/mol. The highest BCUT2D eigenvalue weighted by atomic mass is 16.6. The number of fused-ring (bicyclic) bond motifs is 2. The molecule has 0 spiro atoms. The predicted octanol–water partition coefficient (Wildman–Crippen LogP) is 1.08. The number of ether oxygens (including phenoxy) is 3. The van der Waals surface area contributed by atoms with Crippen LogP contribution in [0.1, 0.15) is 33.1 Å².